The molecule has 1 amide bonds. The van der Waals surface area contributed by atoms with Crippen LogP contribution in [-0.2, 0) is 16.8 Å². The number of hydrogen-bond donors (Lipinski definition) is 3. The van der Waals surface area contributed by atoms with Gasteiger partial charge in [0.2, 0.25) is 0 Å². The normalized spacial score (nSPS) is 18.1. The van der Waals surface area contributed by atoms with Gasteiger partial charge in [0.1, 0.15) is 0 Å². The van der Waals surface area contributed by atoms with E-state index < -0.39 is 0 Å². The van der Waals surface area contributed by atoms with Gasteiger partial charge in [0.15, 0.2) is 0 Å². The number of rotatable bonds is 6. The molecule has 144 valence electrons. The van der Waals surface area contributed by atoms with Crippen LogP contribution in [0.25, 0.3) is 0 Å². The number of ether oxygens (including phenoxy) is 1. The van der Waals surface area contributed by atoms with Crippen LogP contribution in [0.3, 0.4) is 0 Å². The number of hydrogen-bond acceptors (Lipinski definition) is 6. The SMILES string of the molecule is O=C(NCCCNc1cccnc1)c1cc2c(s1)CCOC21CCNCC1. The van der Waals surface area contributed by atoms with Gasteiger partial charge in [0.25, 0.3) is 5.91 Å². The van der Waals surface area contributed by atoms with Gasteiger partial charge in [0.05, 0.1) is 22.8 Å². The van der Waals surface area contributed by atoms with E-state index in [0.29, 0.717) is 6.54 Å². The second kappa shape index (κ2) is 8.37. The molecule has 1 fully saturated rings. The molecule has 3 N–H and O–H groups in total. The lowest BCUT2D eigenvalue weighted by Crippen LogP contribution is -2.44. The van der Waals surface area contributed by atoms with Crippen LogP contribution in [0.5, 0.6) is 0 Å². The number of fused-ring (bicyclic) bond motifs is 2. The monoisotopic (exact) mass is 386 g/mol. The number of pyridine rings is 1. The summed E-state index contributed by atoms with van der Waals surface area (Å²) >= 11 is 1.64. The van der Waals surface area contributed by atoms with Gasteiger partial charge in [-0.2, -0.15) is 0 Å². The molecule has 4 heterocycles. The maximum absolute atomic E-state index is 12.6. The van der Waals surface area contributed by atoms with Crippen LogP contribution in [0, 0.1) is 0 Å². The van der Waals surface area contributed by atoms with E-state index in [9.17, 15) is 4.79 Å². The molecule has 0 aliphatic carbocycles. The Labute approximate surface area is 163 Å². The van der Waals surface area contributed by atoms with E-state index in [1.165, 1.54) is 10.4 Å². The van der Waals surface area contributed by atoms with E-state index >= 15 is 0 Å². The molecule has 0 bridgehead atoms. The molecule has 2 aromatic rings. The molecule has 2 aliphatic rings. The molecule has 0 unspecified atom stereocenters. The van der Waals surface area contributed by atoms with Gasteiger partial charge in [-0.25, -0.2) is 0 Å². The molecule has 0 radical (unpaired) electrons. The zero-order valence-electron chi connectivity index (χ0n) is 15.4. The number of aromatic nitrogens is 1. The van der Waals surface area contributed by atoms with Crippen LogP contribution in [0.2, 0.25) is 0 Å². The Hall–Kier alpha value is -1.96. The standard InChI is InChI=1S/C20H26N4O2S/c25-19(24-9-2-8-23-15-3-1-7-22-14-15)18-13-16-17(27-18)4-12-26-20(16)5-10-21-11-6-20/h1,3,7,13-14,21,23H,2,4-6,8-12H2,(H,24,25). The van der Waals surface area contributed by atoms with Crippen molar-refractivity contribution in [3.8, 4) is 0 Å². The van der Waals surface area contributed by atoms with Crippen LogP contribution in [0.4, 0.5) is 5.69 Å². The lowest BCUT2D eigenvalue weighted by Gasteiger charge is -2.40. The molecule has 0 aromatic carbocycles. The molecule has 1 saturated heterocycles. The number of carbonyl (C=O) groups is 1. The maximum atomic E-state index is 12.6. The minimum absolute atomic E-state index is 0.0277. The molecular formula is C20H26N4O2S. The molecule has 27 heavy (non-hydrogen) atoms. The third kappa shape index (κ3) is 4.15. The smallest absolute Gasteiger partial charge is 0.261 e. The Morgan fingerprint density at radius 1 is 1.33 bits per heavy atom. The largest absolute Gasteiger partial charge is 0.384 e. The summed E-state index contributed by atoms with van der Waals surface area (Å²) in [7, 11) is 0. The Kier molecular flexibility index (Phi) is 5.71. The molecule has 2 aromatic heterocycles. The lowest BCUT2D eigenvalue weighted by atomic mass is 9.83. The second-order valence-electron chi connectivity index (χ2n) is 7.07. The van der Waals surface area contributed by atoms with Crippen molar-refractivity contribution in [2.45, 2.75) is 31.3 Å². The fraction of sp³-hybridized carbons (Fsp3) is 0.500. The minimum Gasteiger partial charge on any atom is -0.384 e. The number of thiophene rings is 1. The number of piperidine rings is 1. The Morgan fingerprint density at radius 2 is 2.22 bits per heavy atom. The van der Waals surface area contributed by atoms with Crippen LogP contribution < -0.4 is 16.0 Å². The summed E-state index contributed by atoms with van der Waals surface area (Å²) in [6.07, 6.45) is 7.30. The van der Waals surface area contributed by atoms with Gasteiger partial charge < -0.3 is 20.7 Å². The van der Waals surface area contributed by atoms with Crippen LogP contribution in [0.15, 0.2) is 30.6 Å². The number of nitrogens with zero attached hydrogens (tertiary/aromatic N) is 1. The minimum atomic E-state index is -0.179. The lowest BCUT2D eigenvalue weighted by molar-refractivity contribution is -0.0792. The van der Waals surface area contributed by atoms with Crippen LogP contribution >= 0.6 is 11.3 Å². The highest BCUT2D eigenvalue weighted by molar-refractivity contribution is 7.14. The zero-order valence-corrected chi connectivity index (χ0v) is 16.2. The van der Waals surface area contributed by atoms with Crippen LogP contribution in [0.1, 0.15) is 39.4 Å². The summed E-state index contributed by atoms with van der Waals surface area (Å²) in [5, 5.41) is 9.75. The van der Waals surface area contributed by atoms with Crippen LogP contribution in [-0.4, -0.2) is 43.7 Å². The van der Waals surface area contributed by atoms with Crippen molar-refractivity contribution in [3.05, 3.63) is 45.9 Å². The van der Waals surface area contributed by atoms with Gasteiger partial charge in [-0.15, -0.1) is 11.3 Å². The molecule has 4 rings (SSSR count). The molecule has 0 atom stereocenters. The van der Waals surface area contributed by atoms with E-state index in [1.807, 2.05) is 12.1 Å². The first kappa shape index (κ1) is 18.4. The molecule has 2 aliphatic heterocycles. The van der Waals surface area contributed by atoms with E-state index in [4.69, 9.17) is 4.74 Å². The van der Waals surface area contributed by atoms with Gasteiger partial charge in [-0.1, -0.05) is 0 Å². The number of amides is 1. The summed E-state index contributed by atoms with van der Waals surface area (Å²) in [5.74, 6) is 0.0277. The summed E-state index contributed by atoms with van der Waals surface area (Å²) in [5.41, 5.74) is 2.08. The summed E-state index contributed by atoms with van der Waals surface area (Å²) in [6.45, 7) is 4.16. The zero-order chi connectivity index (χ0) is 18.5. The summed E-state index contributed by atoms with van der Waals surface area (Å²) in [4.78, 5) is 18.8. The molecule has 1 spiro atoms. The third-order valence-corrected chi connectivity index (χ3v) is 6.47. The fourth-order valence-electron chi connectivity index (χ4n) is 3.85. The Balaban J connectivity index is 1.31. The van der Waals surface area contributed by atoms with Gasteiger partial charge in [-0.3, -0.25) is 9.78 Å². The van der Waals surface area contributed by atoms with Gasteiger partial charge in [-0.05, 0) is 56.1 Å². The molecule has 0 saturated carbocycles. The molecular weight excluding hydrogens is 360 g/mol. The highest BCUT2D eigenvalue weighted by Gasteiger charge is 2.40. The topological polar surface area (TPSA) is 75.3 Å². The molecule has 7 heteroatoms. The quantitative estimate of drug-likeness (QED) is 0.665. The first-order chi connectivity index (χ1) is 13.3. The van der Waals surface area contributed by atoms with Crippen molar-refractivity contribution in [1.29, 1.82) is 0 Å². The van der Waals surface area contributed by atoms with Crippen molar-refractivity contribution in [1.82, 2.24) is 15.6 Å². The summed E-state index contributed by atoms with van der Waals surface area (Å²) in [6, 6.07) is 5.97. The number of anilines is 1. The van der Waals surface area contributed by atoms with Crippen molar-refractivity contribution in [3.63, 3.8) is 0 Å². The Morgan fingerprint density at radius 3 is 3.04 bits per heavy atom. The predicted octanol–water partition coefficient (Wildman–Crippen LogP) is 2.53. The van der Waals surface area contributed by atoms with E-state index in [2.05, 4.69) is 27.0 Å². The highest BCUT2D eigenvalue weighted by Crippen LogP contribution is 2.43. The number of nitrogens with one attached hydrogen (secondary N) is 3. The first-order valence-corrected chi connectivity index (χ1v) is 10.5. The van der Waals surface area contributed by atoms with Crippen molar-refractivity contribution >= 4 is 22.9 Å². The average molecular weight is 387 g/mol. The highest BCUT2D eigenvalue weighted by atomic mass is 32.1. The van der Waals surface area contributed by atoms with Crippen molar-refractivity contribution in [2.75, 3.05) is 38.1 Å². The second-order valence-corrected chi connectivity index (χ2v) is 8.20. The van der Waals surface area contributed by atoms with Crippen molar-refractivity contribution in [2.24, 2.45) is 0 Å². The summed E-state index contributed by atoms with van der Waals surface area (Å²) < 4.78 is 6.20. The Bertz CT molecular complexity index is 772. The van der Waals surface area contributed by atoms with Crippen molar-refractivity contribution < 1.29 is 9.53 Å². The van der Waals surface area contributed by atoms with E-state index in [0.717, 1.165) is 62.5 Å². The predicted molar refractivity (Wildman–Crippen MR) is 107 cm³/mol. The van der Waals surface area contributed by atoms with E-state index in [1.54, 1.807) is 23.7 Å². The van der Waals surface area contributed by atoms with E-state index in [-0.39, 0.29) is 11.5 Å². The van der Waals surface area contributed by atoms with Gasteiger partial charge >= 0.3 is 0 Å². The third-order valence-electron chi connectivity index (χ3n) is 5.27. The fourth-order valence-corrected chi connectivity index (χ4v) is 5.00. The van der Waals surface area contributed by atoms with Gasteiger partial charge in [0, 0.05) is 36.8 Å². The molecule has 6 nitrogen and oxygen atoms in total. The average Bonchev–Trinajstić information content (AvgIpc) is 3.15. The number of carbonyl (C=O) groups excluding carboxylic acids is 1. The maximum Gasteiger partial charge on any atom is 0.261 e. The first-order valence-electron chi connectivity index (χ1n) is 9.67.